The first-order valence-electron chi connectivity index (χ1n) is 8.55. The normalized spacial score (nSPS) is 10.9. The van der Waals surface area contributed by atoms with Gasteiger partial charge in [-0.3, -0.25) is 4.79 Å². The molecule has 138 valence electrons. The monoisotopic (exact) mass is 364 g/mol. The maximum Gasteiger partial charge on any atom is 0.277 e. The third-order valence-electron chi connectivity index (χ3n) is 3.79. The van der Waals surface area contributed by atoms with E-state index in [2.05, 4.69) is 10.5 Å². The molecule has 0 radical (unpaired) electrons. The van der Waals surface area contributed by atoms with Crippen LogP contribution in [0.3, 0.4) is 0 Å². The lowest BCUT2D eigenvalue weighted by Crippen LogP contribution is -2.24. The molecule has 0 atom stereocenters. The number of aromatic hydroxyl groups is 1. The molecule has 2 N–H and O–H groups in total. The van der Waals surface area contributed by atoms with Crippen molar-refractivity contribution in [3.8, 4) is 17.2 Å². The van der Waals surface area contributed by atoms with Crippen LogP contribution >= 0.6 is 0 Å². The fourth-order valence-corrected chi connectivity index (χ4v) is 2.56. The molecule has 0 fully saturated rings. The van der Waals surface area contributed by atoms with Crippen LogP contribution in [0.15, 0.2) is 65.8 Å². The standard InChI is InChI=1S/C21H20N2O4/c1-2-26-20-12-15(10-11-18(20)24)13-22-23-21(25)14-27-19-9-5-7-16-6-3-4-8-17(16)19/h3-13,24H,2,14H2,1H3,(H,23,25). The molecule has 0 aliphatic heterocycles. The first-order valence-corrected chi connectivity index (χ1v) is 8.55. The van der Waals surface area contributed by atoms with Gasteiger partial charge in [0.25, 0.3) is 5.91 Å². The quantitative estimate of drug-likeness (QED) is 0.497. The molecular formula is C21H20N2O4. The van der Waals surface area contributed by atoms with E-state index in [1.807, 2.05) is 49.4 Å². The maximum absolute atomic E-state index is 12.0. The van der Waals surface area contributed by atoms with E-state index >= 15 is 0 Å². The summed E-state index contributed by atoms with van der Waals surface area (Å²) >= 11 is 0. The highest BCUT2D eigenvalue weighted by atomic mass is 16.5. The van der Waals surface area contributed by atoms with Gasteiger partial charge >= 0.3 is 0 Å². The minimum Gasteiger partial charge on any atom is -0.504 e. The van der Waals surface area contributed by atoms with Crippen molar-refractivity contribution in [2.45, 2.75) is 6.92 Å². The zero-order valence-corrected chi connectivity index (χ0v) is 14.9. The molecule has 6 nitrogen and oxygen atoms in total. The number of hydrazone groups is 1. The van der Waals surface area contributed by atoms with Crippen molar-refractivity contribution in [1.29, 1.82) is 0 Å². The number of ether oxygens (including phenoxy) is 2. The van der Waals surface area contributed by atoms with Crippen molar-refractivity contribution < 1.29 is 19.4 Å². The van der Waals surface area contributed by atoms with Crippen LogP contribution in [0.5, 0.6) is 17.2 Å². The minimum atomic E-state index is -0.372. The number of fused-ring (bicyclic) bond motifs is 1. The van der Waals surface area contributed by atoms with Crippen LogP contribution in [0, 0.1) is 0 Å². The molecule has 0 saturated carbocycles. The van der Waals surface area contributed by atoms with Crippen molar-refractivity contribution in [3.05, 3.63) is 66.2 Å². The molecule has 0 unspecified atom stereocenters. The zero-order valence-electron chi connectivity index (χ0n) is 14.9. The number of rotatable bonds is 7. The second kappa shape index (κ2) is 8.71. The zero-order chi connectivity index (χ0) is 19.1. The lowest BCUT2D eigenvalue weighted by molar-refractivity contribution is -0.123. The van der Waals surface area contributed by atoms with Gasteiger partial charge in [0, 0.05) is 5.39 Å². The van der Waals surface area contributed by atoms with Gasteiger partial charge < -0.3 is 14.6 Å². The number of hydrogen-bond donors (Lipinski definition) is 2. The molecule has 1 amide bonds. The summed E-state index contributed by atoms with van der Waals surface area (Å²) in [6, 6.07) is 18.3. The lowest BCUT2D eigenvalue weighted by Gasteiger charge is -2.08. The predicted molar refractivity (Wildman–Crippen MR) is 104 cm³/mol. The largest absolute Gasteiger partial charge is 0.504 e. The van der Waals surface area contributed by atoms with E-state index in [0.29, 0.717) is 23.7 Å². The summed E-state index contributed by atoms with van der Waals surface area (Å²) in [5.41, 5.74) is 3.10. The van der Waals surface area contributed by atoms with Gasteiger partial charge in [0.2, 0.25) is 0 Å². The first-order chi connectivity index (χ1) is 13.2. The Morgan fingerprint density at radius 3 is 2.74 bits per heavy atom. The molecule has 0 bridgehead atoms. The first kappa shape index (κ1) is 18.3. The highest BCUT2D eigenvalue weighted by Gasteiger charge is 2.05. The number of nitrogens with zero attached hydrogens (tertiary/aromatic N) is 1. The van der Waals surface area contributed by atoms with E-state index in [9.17, 15) is 9.90 Å². The molecule has 3 rings (SSSR count). The number of nitrogens with one attached hydrogen (secondary N) is 1. The van der Waals surface area contributed by atoms with Gasteiger partial charge in [-0.1, -0.05) is 36.4 Å². The van der Waals surface area contributed by atoms with Crippen LogP contribution in [-0.4, -0.2) is 30.4 Å². The highest BCUT2D eigenvalue weighted by molar-refractivity contribution is 5.89. The van der Waals surface area contributed by atoms with E-state index in [1.54, 1.807) is 12.1 Å². The number of carbonyl (C=O) groups excluding carboxylic acids is 1. The van der Waals surface area contributed by atoms with Crippen molar-refractivity contribution in [2.75, 3.05) is 13.2 Å². The van der Waals surface area contributed by atoms with Crippen LogP contribution in [-0.2, 0) is 4.79 Å². The highest BCUT2D eigenvalue weighted by Crippen LogP contribution is 2.26. The molecule has 27 heavy (non-hydrogen) atoms. The van der Waals surface area contributed by atoms with Crippen LogP contribution in [0.25, 0.3) is 10.8 Å². The van der Waals surface area contributed by atoms with Crippen molar-refractivity contribution in [3.63, 3.8) is 0 Å². The molecule has 6 heteroatoms. The Morgan fingerprint density at radius 1 is 1.07 bits per heavy atom. The topological polar surface area (TPSA) is 80.2 Å². The molecule has 0 heterocycles. The number of hydrogen-bond acceptors (Lipinski definition) is 5. The molecule has 0 aliphatic rings. The Hall–Kier alpha value is -3.54. The Balaban J connectivity index is 1.57. The van der Waals surface area contributed by atoms with Gasteiger partial charge in [-0.15, -0.1) is 0 Å². The Morgan fingerprint density at radius 2 is 1.89 bits per heavy atom. The fraction of sp³-hybridized carbons (Fsp3) is 0.143. The third-order valence-corrected chi connectivity index (χ3v) is 3.79. The molecule has 0 saturated heterocycles. The second-order valence-electron chi connectivity index (χ2n) is 5.72. The number of benzene rings is 3. The maximum atomic E-state index is 12.0. The van der Waals surface area contributed by atoms with Gasteiger partial charge in [-0.05, 0) is 42.1 Å². The Labute approximate surface area is 157 Å². The Bertz CT molecular complexity index is 964. The summed E-state index contributed by atoms with van der Waals surface area (Å²) in [4.78, 5) is 12.0. The summed E-state index contributed by atoms with van der Waals surface area (Å²) in [6.45, 7) is 2.12. The summed E-state index contributed by atoms with van der Waals surface area (Å²) in [6.07, 6.45) is 1.47. The molecule has 0 aliphatic carbocycles. The van der Waals surface area contributed by atoms with Crippen LogP contribution in [0.1, 0.15) is 12.5 Å². The van der Waals surface area contributed by atoms with Gasteiger partial charge in [0.05, 0.1) is 12.8 Å². The van der Waals surface area contributed by atoms with Crippen LogP contribution < -0.4 is 14.9 Å². The van der Waals surface area contributed by atoms with Gasteiger partial charge in [-0.2, -0.15) is 5.10 Å². The molecule has 0 spiro atoms. The van der Waals surface area contributed by atoms with E-state index < -0.39 is 0 Å². The number of phenolic OH excluding ortho intramolecular Hbond substituents is 1. The molecule has 3 aromatic rings. The van der Waals surface area contributed by atoms with E-state index in [-0.39, 0.29) is 18.3 Å². The predicted octanol–water partition coefficient (Wildman–Crippen LogP) is 3.47. The lowest BCUT2D eigenvalue weighted by atomic mass is 10.1. The van der Waals surface area contributed by atoms with Crippen LogP contribution in [0.2, 0.25) is 0 Å². The van der Waals surface area contributed by atoms with Crippen molar-refractivity contribution in [2.24, 2.45) is 5.10 Å². The summed E-state index contributed by atoms with van der Waals surface area (Å²) in [7, 11) is 0. The third kappa shape index (κ3) is 4.76. The molecule has 3 aromatic carbocycles. The molecular weight excluding hydrogens is 344 g/mol. The van der Waals surface area contributed by atoms with Crippen molar-refractivity contribution >= 4 is 22.9 Å². The van der Waals surface area contributed by atoms with E-state index in [1.165, 1.54) is 12.3 Å². The average molecular weight is 364 g/mol. The number of phenols is 1. The van der Waals surface area contributed by atoms with Crippen molar-refractivity contribution in [1.82, 2.24) is 5.43 Å². The van der Waals surface area contributed by atoms with E-state index in [4.69, 9.17) is 9.47 Å². The van der Waals surface area contributed by atoms with E-state index in [0.717, 1.165) is 10.8 Å². The summed E-state index contributed by atoms with van der Waals surface area (Å²) in [5, 5.41) is 15.6. The van der Waals surface area contributed by atoms with Gasteiger partial charge in [0.1, 0.15) is 5.75 Å². The minimum absolute atomic E-state index is 0.0570. The van der Waals surface area contributed by atoms with Gasteiger partial charge in [0.15, 0.2) is 18.1 Å². The van der Waals surface area contributed by atoms with Gasteiger partial charge in [-0.25, -0.2) is 5.43 Å². The fourth-order valence-electron chi connectivity index (χ4n) is 2.56. The number of amides is 1. The second-order valence-corrected chi connectivity index (χ2v) is 5.72. The molecule has 0 aromatic heterocycles. The van der Waals surface area contributed by atoms with Crippen LogP contribution in [0.4, 0.5) is 0 Å². The number of carbonyl (C=O) groups is 1. The average Bonchev–Trinajstić information content (AvgIpc) is 2.69. The SMILES string of the molecule is CCOc1cc(C=NNC(=O)COc2cccc3ccccc23)ccc1O. The Kier molecular flexibility index (Phi) is 5.89. The summed E-state index contributed by atoms with van der Waals surface area (Å²) < 4.78 is 10.9. The summed E-state index contributed by atoms with van der Waals surface area (Å²) in [5.74, 6) is 0.698. The smallest absolute Gasteiger partial charge is 0.277 e.